The maximum absolute atomic E-state index is 14.8. The average molecular weight is 1130 g/mol. The molecular weight excluding hydrogens is 1060 g/mol. The number of aliphatic imine (C=N–C) groups is 1. The van der Waals surface area contributed by atoms with Crippen molar-refractivity contribution in [3.8, 4) is 15.4 Å². The van der Waals surface area contributed by atoms with E-state index in [0.717, 1.165) is 65.6 Å². The molecular formula is C58H65ClN10O8S2. The van der Waals surface area contributed by atoms with Crippen LogP contribution in [0.5, 0.6) is 0 Å². The highest BCUT2D eigenvalue weighted by Gasteiger charge is 2.47. The molecule has 0 spiro atoms. The second-order valence-electron chi connectivity index (χ2n) is 22.0. The number of furan rings is 1. The lowest BCUT2D eigenvalue weighted by Crippen LogP contribution is -2.57. The maximum Gasteiger partial charge on any atom is 0.307 e. The predicted octanol–water partition coefficient (Wildman–Crippen LogP) is 8.75. The van der Waals surface area contributed by atoms with Crippen LogP contribution in [0.15, 0.2) is 75.3 Å². The third-order valence-electron chi connectivity index (χ3n) is 15.2. The fourth-order valence-corrected chi connectivity index (χ4v) is 12.8. The van der Waals surface area contributed by atoms with E-state index in [0.29, 0.717) is 47.9 Å². The van der Waals surface area contributed by atoms with E-state index in [1.807, 2.05) is 106 Å². The minimum absolute atomic E-state index is 0.0112. The van der Waals surface area contributed by atoms with Gasteiger partial charge in [-0.05, 0) is 81.0 Å². The van der Waals surface area contributed by atoms with Gasteiger partial charge in [0.15, 0.2) is 11.6 Å². The fraction of sp³-hybridized carbons (Fsp3) is 0.431. The number of nitrogens with zero attached hydrogens (tertiary/aromatic N) is 6. The highest BCUT2D eigenvalue weighted by molar-refractivity contribution is 7.15. The number of amides is 4. The minimum atomic E-state index is -1.10. The zero-order valence-corrected chi connectivity index (χ0v) is 47.9. The standard InChI is InChI=1S/C58H65ClN10O8S2/c1-29-32(4)79-57-49(29)50(35-13-15-38(59)16-14-35)64-43(53-67-66-33(5)69(53)57)26-47(70)63-39-23-41(24-39)75-40-17-18-45-37(21-40)22-46(77-45)55(73)65-52(58(6,7)8)56(74)68-27-42(76-48(71)19-20-60)25-44(68)54(72)62-30(2)34-9-11-36(12-10-34)51-31(3)61-28-78-51/h9-16,21-22,28,30,39,41-44,52H,17-20,23-27,60H2,1-8H3,(H,62,72)(H,63,70)(H,65,73)/t30-,39-,41+,42+,43-,44-,52+/m0/s1. The van der Waals surface area contributed by atoms with E-state index in [-0.39, 0.29) is 56.2 Å². The van der Waals surface area contributed by atoms with Gasteiger partial charge in [-0.3, -0.25) is 33.5 Å². The smallest absolute Gasteiger partial charge is 0.307 e. The molecule has 0 unspecified atom stereocenters. The summed E-state index contributed by atoms with van der Waals surface area (Å²) < 4.78 is 20.3. The number of allylic oxidation sites excluding steroid dienone is 1. The third-order valence-corrected chi connectivity index (χ3v) is 17.6. The molecule has 18 nitrogen and oxygen atoms in total. The van der Waals surface area contributed by atoms with Crippen molar-refractivity contribution in [1.82, 2.24) is 40.6 Å². The van der Waals surface area contributed by atoms with Crippen LogP contribution in [0.1, 0.15) is 145 Å². The number of esters is 1. The number of nitrogens with one attached hydrogen (secondary N) is 3. The summed E-state index contributed by atoms with van der Waals surface area (Å²) in [7, 11) is 0. The topological polar surface area (TPSA) is 238 Å². The first-order valence-corrected chi connectivity index (χ1v) is 28.8. The van der Waals surface area contributed by atoms with Crippen LogP contribution in [-0.2, 0) is 35.1 Å². The Kier molecular flexibility index (Phi) is 15.8. The van der Waals surface area contributed by atoms with E-state index in [1.165, 1.54) is 4.90 Å². The van der Waals surface area contributed by atoms with E-state index >= 15 is 0 Å². The number of fused-ring (bicyclic) bond motifs is 4. The number of carbonyl (C=O) groups is 5. The highest BCUT2D eigenvalue weighted by Crippen LogP contribution is 2.41. The van der Waals surface area contributed by atoms with Gasteiger partial charge in [0.25, 0.3) is 5.91 Å². The number of carbonyl (C=O) groups excluding carboxylic acids is 5. The van der Waals surface area contributed by atoms with Gasteiger partial charge in [-0.2, -0.15) is 0 Å². The van der Waals surface area contributed by atoms with Gasteiger partial charge in [0.1, 0.15) is 46.9 Å². The minimum Gasteiger partial charge on any atom is -0.495 e. The number of hydrogen-bond acceptors (Lipinski definition) is 15. The molecule has 21 heteroatoms. The fourth-order valence-electron chi connectivity index (χ4n) is 10.7. The lowest BCUT2D eigenvalue weighted by atomic mass is 9.85. The zero-order valence-electron chi connectivity index (χ0n) is 45.5. The van der Waals surface area contributed by atoms with Gasteiger partial charge < -0.3 is 40.5 Å². The molecule has 1 saturated carbocycles. The van der Waals surface area contributed by atoms with Crippen molar-refractivity contribution in [3.63, 3.8) is 0 Å². The molecule has 5 atom stereocenters. The van der Waals surface area contributed by atoms with Crippen LogP contribution in [-0.4, -0.2) is 103 Å². The number of halogens is 1. The van der Waals surface area contributed by atoms with E-state index in [1.54, 1.807) is 28.7 Å². The molecule has 4 amide bonds. The second kappa shape index (κ2) is 22.6. The number of hydrogen-bond donors (Lipinski definition) is 4. The average Bonchev–Trinajstić information content (AvgIpc) is 4.27. The molecule has 6 heterocycles. The van der Waals surface area contributed by atoms with Crippen molar-refractivity contribution in [1.29, 1.82) is 0 Å². The van der Waals surface area contributed by atoms with Crippen molar-refractivity contribution in [2.45, 2.75) is 143 Å². The first-order chi connectivity index (χ1) is 37.7. The quantitative estimate of drug-likeness (QED) is 0.0666. The summed E-state index contributed by atoms with van der Waals surface area (Å²) in [5.74, 6) is 0.527. The van der Waals surface area contributed by atoms with Gasteiger partial charge >= 0.3 is 5.97 Å². The van der Waals surface area contributed by atoms with Crippen LogP contribution in [0.25, 0.3) is 21.5 Å². The summed E-state index contributed by atoms with van der Waals surface area (Å²) in [4.78, 5) is 82.7. The number of rotatable bonds is 16. The molecule has 2 fully saturated rings. The lowest BCUT2D eigenvalue weighted by molar-refractivity contribution is -0.149. The van der Waals surface area contributed by atoms with E-state index in [9.17, 15) is 24.0 Å². The molecule has 1 saturated heterocycles. The molecule has 0 radical (unpaired) electrons. The third kappa shape index (κ3) is 11.7. The molecule has 2 aliphatic heterocycles. The number of benzene rings is 2. The molecule has 2 aromatic carbocycles. The van der Waals surface area contributed by atoms with E-state index in [2.05, 4.69) is 45.0 Å². The van der Waals surface area contributed by atoms with Crippen LogP contribution in [0.2, 0.25) is 5.02 Å². The van der Waals surface area contributed by atoms with E-state index in [4.69, 9.17) is 36.2 Å². The normalized spacial score (nSPS) is 20.3. The highest BCUT2D eigenvalue weighted by atomic mass is 35.5. The largest absolute Gasteiger partial charge is 0.495 e. The number of ether oxygens (including phenoxy) is 2. The van der Waals surface area contributed by atoms with Crippen molar-refractivity contribution < 1.29 is 37.9 Å². The number of aryl methyl sites for hydroxylation is 4. The van der Waals surface area contributed by atoms with Gasteiger partial charge in [-0.25, -0.2) is 4.98 Å². The summed E-state index contributed by atoms with van der Waals surface area (Å²) in [5, 5.41) is 19.8. The molecule has 79 heavy (non-hydrogen) atoms. The Morgan fingerprint density at radius 2 is 1.67 bits per heavy atom. The molecule has 4 aliphatic rings. The van der Waals surface area contributed by atoms with Gasteiger partial charge in [0.2, 0.25) is 17.7 Å². The number of likely N-dealkylation sites (tertiary alicyclic amines) is 1. The van der Waals surface area contributed by atoms with Crippen molar-refractivity contribution >= 4 is 75.7 Å². The van der Waals surface area contributed by atoms with Crippen molar-refractivity contribution in [3.05, 3.63) is 132 Å². The number of aromatic nitrogens is 4. The zero-order chi connectivity index (χ0) is 56.0. The molecule has 4 aromatic heterocycles. The Labute approximate surface area is 471 Å². The van der Waals surface area contributed by atoms with Gasteiger partial charge in [0, 0.05) is 71.3 Å². The van der Waals surface area contributed by atoms with Crippen LogP contribution < -0.4 is 21.7 Å². The summed E-state index contributed by atoms with van der Waals surface area (Å²) >= 11 is 9.51. The van der Waals surface area contributed by atoms with Gasteiger partial charge in [0.05, 0.1) is 53.0 Å². The lowest BCUT2D eigenvalue weighted by Gasteiger charge is -2.37. The Hall–Kier alpha value is -7.00. The summed E-state index contributed by atoms with van der Waals surface area (Å²) in [6.45, 7) is 15.5. The summed E-state index contributed by atoms with van der Waals surface area (Å²) in [6.07, 6.45) is 3.38. The van der Waals surface area contributed by atoms with Crippen LogP contribution in [0, 0.1) is 33.1 Å². The Morgan fingerprint density at radius 3 is 2.37 bits per heavy atom. The monoisotopic (exact) mass is 1130 g/mol. The first-order valence-electron chi connectivity index (χ1n) is 26.7. The van der Waals surface area contributed by atoms with Crippen molar-refractivity contribution in [2.75, 3.05) is 13.1 Å². The van der Waals surface area contributed by atoms with Gasteiger partial charge in [-0.15, -0.1) is 32.9 Å². The number of nitrogens with two attached hydrogens (primary N) is 1. The molecule has 5 N–H and O–H groups in total. The number of thiazole rings is 1. The predicted molar refractivity (Wildman–Crippen MR) is 302 cm³/mol. The Balaban J connectivity index is 0.767. The van der Waals surface area contributed by atoms with E-state index < -0.39 is 59.4 Å². The molecule has 2 aliphatic carbocycles. The molecule has 414 valence electrons. The van der Waals surface area contributed by atoms with Crippen LogP contribution in [0.4, 0.5) is 0 Å². The molecule has 6 aromatic rings. The first kappa shape index (κ1) is 55.3. The van der Waals surface area contributed by atoms with Gasteiger partial charge in [-0.1, -0.05) is 68.8 Å². The maximum atomic E-state index is 14.8. The molecule has 10 rings (SSSR count). The Bertz CT molecular complexity index is 3380. The SMILES string of the molecule is Cc1ncsc1-c1ccc([C@H](C)NC(=O)[C@@H]2C[C@@H](OC(=O)CCN)CN2C(=O)[C@@H](NC(=O)c2cc3c(o2)CCC(O[C@H]2C[C@@H](NC(=O)C[C@@H]4N=C(c5ccc(Cl)cc5)c5c(sc(C)c5C)-n5c(C)nnc54)C2)=C3)C(C)(C)C)cc1. The van der Waals surface area contributed by atoms with Crippen LogP contribution >= 0.6 is 34.3 Å². The second-order valence-corrected chi connectivity index (χ2v) is 24.5. The number of thiophene rings is 1. The van der Waals surface area contributed by atoms with Crippen molar-refractivity contribution in [2.24, 2.45) is 16.1 Å². The Morgan fingerprint density at radius 1 is 0.937 bits per heavy atom. The summed E-state index contributed by atoms with van der Waals surface area (Å²) in [6, 6.07) is 13.9. The van der Waals surface area contributed by atoms with Crippen LogP contribution in [0.3, 0.4) is 0 Å². The summed E-state index contributed by atoms with van der Waals surface area (Å²) in [5.41, 5.74) is 13.9. The molecule has 0 bridgehead atoms.